The standard InChI is InChI=1S/C19H19N3O5/c23-15-13-8-3-4-9-14(13)16(24)20(15)10-5-11-21-17(25)18(26)22(19(21)27)12-6-1-2-7-12/h3-4,8-9,12H,1-2,5-7,10-11H2. The highest BCUT2D eigenvalue weighted by molar-refractivity contribution is 6.44. The maximum Gasteiger partial charge on any atom is 0.334 e. The number of carbonyl (C=O) groups excluding carboxylic acids is 5. The van der Waals surface area contributed by atoms with Gasteiger partial charge in [0.25, 0.3) is 11.8 Å². The molecule has 0 N–H and O–H groups in total. The lowest BCUT2D eigenvalue weighted by atomic mass is 10.1. The number of nitrogens with zero attached hydrogens (tertiary/aromatic N) is 3. The van der Waals surface area contributed by atoms with Crippen molar-refractivity contribution in [2.24, 2.45) is 0 Å². The Morgan fingerprint density at radius 1 is 0.741 bits per heavy atom. The molecule has 8 nitrogen and oxygen atoms in total. The Labute approximate surface area is 155 Å². The summed E-state index contributed by atoms with van der Waals surface area (Å²) in [6.45, 7) is 0.0844. The van der Waals surface area contributed by atoms with Gasteiger partial charge in [-0.25, -0.2) is 4.79 Å². The van der Waals surface area contributed by atoms with Crippen LogP contribution in [-0.2, 0) is 9.59 Å². The third-order valence-corrected chi connectivity index (χ3v) is 5.42. The van der Waals surface area contributed by atoms with Gasteiger partial charge in [0.05, 0.1) is 11.1 Å². The second kappa shape index (κ2) is 6.61. The van der Waals surface area contributed by atoms with Crippen LogP contribution in [0, 0.1) is 0 Å². The Morgan fingerprint density at radius 3 is 1.89 bits per heavy atom. The van der Waals surface area contributed by atoms with Gasteiger partial charge < -0.3 is 0 Å². The van der Waals surface area contributed by atoms with E-state index in [0.29, 0.717) is 11.1 Å². The minimum absolute atomic E-state index is 0.0000317. The fourth-order valence-electron chi connectivity index (χ4n) is 4.03. The molecular formula is C19H19N3O5. The molecule has 1 saturated heterocycles. The van der Waals surface area contributed by atoms with Crippen molar-refractivity contribution in [1.29, 1.82) is 0 Å². The zero-order valence-electron chi connectivity index (χ0n) is 14.7. The van der Waals surface area contributed by atoms with Crippen molar-refractivity contribution < 1.29 is 24.0 Å². The number of fused-ring (bicyclic) bond motifs is 1. The van der Waals surface area contributed by atoms with E-state index in [-0.39, 0.29) is 37.4 Å². The van der Waals surface area contributed by atoms with Gasteiger partial charge in [0.1, 0.15) is 0 Å². The van der Waals surface area contributed by atoms with Crippen LogP contribution in [-0.4, -0.2) is 63.5 Å². The molecule has 8 heteroatoms. The molecule has 4 rings (SSSR count). The first kappa shape index (κ1) is 17.4. The number of amides is 6. The number of imide groups is 3. The number of rotatable bonds is 5. The highest BCUT2D eigenvalue weighted by atomic mass is 16.2. The summed E-state index contributed by atoms with van der Waals surface area (Å²) in [4.78, 5) is 64.7. The lowest BCUT2D eigenvalue weighted by molar-refractivity contribution is -0.144. The van der Waals surface area contributed by atoms with Gasteiger partial charge >= 0.3 is 17.8 Å². The second-order valence-electron chi connectivity index (χ2n) is 7.01. The van der Waals surface area contributed by atoms with Crippen LogP contribution in [0.25, 0.3) is 0 Å². The number of carbonyl (C=O) groups is 5. The largest absolute Gasteiger partial charge is 0.334 e. The molecule has 0 unspecified atom stereocenters. The molecule has 1 aromatic carbocycles. The van der Waals surface area contributed by atoms with Crippen LogP contribution in [0.2, 0.25) is 0 Å². The number of hydrogen-bond acceptors (Lipinski definition) is 5. The molecule has 140 valence electrons. The van der Waals surface area contributed by atoms with Crippen LogP contribution in [0.4, 0.5) is 4.79 Å². The van der Waals surface area contributed by atoms with E-state index in [4.69, 9.17) is 0 Å². The van der Waals surface area contributed by atoms with Gasteiger partial charge in [-0.3, -0.25) is 33.9 Å². The zero-order chi connectivity index (χ0) is 19.1. The quantitative estimate of drug-likeness (QED) is 0.444. The van der Waals surface area contributed by atoms with E-state index >= 15 is 0 Å². The molecule has 0 aromatic heterocycles. The van der Waals surface area contributed by atoms with Crippen LogP contribution in [0.15, 0.2) is 24.3 Å². The smallest absolute Gasteiger partial charge is 0.274 e. The van der Waals surface area contributed by atoms with Crippen molar-refractivity contribution in [2.45, 2.75) is 38.1 Å². The molecule has 1 saturated carbocycles. The number of benzene rings is 1. The van der Waals surface area contributed by atoms with E-state index in [1.807, 2.05) is 0 Å². The van der Waals surface area contributed by atoms with Crippen LogP contribution in [0.5, 0.6) is 0 Å². The lowest BCUT2D eigenvalue weighted by Gasteiger charge is -2.21. The van der Waals surface area contributed by atoms with E-state index in [0.717, 1.165) is 40.4 Å². The molecule has 2 heterocycles. The molecule has 2 fully saturated rings. The first-order valence-corrected chi connectivity index (χ1v) is 9.15. The molecule has 27 heavy (non-hydrogen) atoms. The lowest BCUT2D eigenvalue weighted by Crippen LogP contribution is -2.40. The van der Waals surface area contributed by atoms with E-state index in [9.17, 15) is 24.0 Å². The SMILES string of the molecule is O=C1C(=O)N(C2CCCC2)C(=O)N1CCCN1C(=O)c2ccccc2C1=O. The van der Waals surface area contributed by atoms with Gasteiger partial charge in [0.15, 0.2) is 0 Å². The molecule has 6 amide bonds. The van der Waals surface area contributed by atoms with E-state index in [2.05, 4.69) is 0 Å². The van der Waals surface area contributed by atoms with Crippen LogP contribution in [0.3, 0.4) is 0 Å². The van der Waals surface area contributed by atoms with Crippen molar-refractivity contribution in [1.82, 2.24) is 14.7 Å². The van der Waals surface area contributed by atoms with Gasteiger partial charge in [0.2, 0.25) is 0 Å². The summed E-state index contributed by atoms with van der Waals surface area (Å²) in [5.74, 6) is -2.35. The molecular weight excluding hydrogens is 350 g/mol. The number of hydrogen-bond donors (Lipinski definition) is 0. The summed E-state index contributed by atoms with van der Waals surface area (Å²) in [7, 11) is 0. The average Bonchev–Trinajstić information content (AvgIpc) is 3.32. The number of urea groups is 1. The molecule has 0 atom stereocenters. The van der Waals surface area contributed by atoms with Crippen molar-refractivity contribution in [2.75, 3.05) is 13.1 Å². The molecule has 0 bridgehead atoms. The Hall–Kier alpha value is -3.03. The van der Waals surface area contributed by atoms with E-state index in [1.165, 1.54) is 0 Å². The normalized spacial score (nSPS) is 20.4. The van der Waals surface area contributed by atoms with Crippen molar-refractivity contribution in [3.8, 4) is 0 Å². The topological polar surface area (TPSA) is 95.1 Å². The van der Waals surface area contributed by atoms with Gasteiger partial charge in [-0.15, -0.1) is 0 Å². The maximum atomic E-state index is 12.5. The Bertz CT molecular complexity index is 824. The van der Waals surface area contributed by atoms with Gasteiger partial charge in [0, 0.05) is 19.1 Å². The fraction of sp³-hybridized carbons (Fsp3) is 0.421. The second-order valence-corrected chi connectivity index (χ2v) is 7.01. The summed E-state index contributed by atoms with van der Waals surface area (Å²) in [5.41, 5.74) is 0.719. The van der Waals surface area contributed by atoms with Gasteiger partial charge in [-0.1, -0.05) is 25.0 Å². The minimum Gasteiger partial charge on any atom is -0.274 e. The van der Waals surface area contributed by atoms with Gasteiger partial charge in [-0.2, -0.15) is 0 Å². The predicted octanol–water partition coefficient (Wildman–Crippen LogP) is 1.41. The first-order chi connectivity index (χ1) is 13.0. The third kappa shape index (κ3) is 2.72. The Kier molecular flexibility index (Phi) is 4.25. The summed E-state index contributed by atoms with van der Waals surface area (Å²) in [6, 6.07) is 5.80. The molecule has 3 aliphatic rings. The highest BCUT2D eigenvalue weighted by Crippen LogP contribution is 2.28. The van der Waals surface area contributed by atoms with E-state index in [1.54, 1.807) is 24.3 Å². The fourth-order valence-corrected chi connectivity index (χ4v) is 4.03. The molecule has 1 aliphatic carbocycles. The van der Waals surface area contributed by atoms with Crippen LogP contribution >= 0.6 is 0 Å². The third-order valence-electron chi connectivity index (χ3n) is 5.42. The molecule has 1 aromatic rings. The summed E-state index contributed by atoms with van der Waals surface area (Å²) in [5, 5.41) is 0. The monoisotopic (exact) mass is 369 g/mol. The Balaban J connectivity index is 1.39. The summed E-state index contributed by atoms with van der Waals surface area (Å²) >= 11 is 0. The van der Waals surface area contributed by atoms with Crippen molar-refractivity contribution in [3.05, 3.63) is 35.4 Å². The molecule has 0 radical (unpaired) electrons. The van der Waals surface area contributed by atoms with Crippen molar-refractivity contribution >= 4 is 29.7 Å². The Morgan fingerprint density at radius 2 is 1.30 bits per heavy atom. The zero-order valence-corrected chi connectivity index (χ0v) is 14.7. The van der Waals surface area contributed by atoms with Crippen molar-refractivity contribution in [3.63, 3.8) is 0 Å². The minimum atomic E-state index is -0.825. The average molecular weight is 369 g/mol. The van der Waals surface area contributed by atoms with Crippen LogP contribution in [0.1, 0.15) is 52.8 Å². The predicted molar refractivity (Wildman–Crippen MR) is 92.6 cm³/mol. The highest BCUT2D eigenvalue weighted by Gasteiger charge is 2.47. The first-order valence-electron chi connectivity index (χ1n) is 9.15. The maximum absolute atomic E-state index is 12.5. The van der Waals surface area contributed by atoms with Crippen LogP contribution < -0.4 is 0 Å². The van der Waals surface area contributed by atoms with E-state index < -0.39 is 17.8 Å². The molecule has 0 spiro atoms. The molecule has 2 aliphatic heterocycles. The van der Waals surface area contributed by atoms with Gasteiger partial charge in [-0.05, 0) is 31.4 Å². The summed E-state index contributed by atoms with van der Waals surface area (Å²) in [6.07, 6.45) is 3.57. The summed E-state index contributed by atoms with van der Waals surface area (Å²) < 4.78 is 0.